The van der Waals surface area contributed by atoms with E-state index in [0.717, 1.165) is 31.7 Å². The highest BCUT2D eigenvalue weighted by Gasteiger charge is 2.17. The Labute approximate surface area is 140 Å². The molecule has 0 atom stereocenters. The van der Waals surface area contributed by atoms with Gasteiger partial charge in [-0.15, -0.1) is 0 Å². The van der Waals surface area contributed by atoms with Crippen LogP contribution in [0.1, 0.15) is 56.8 Å². The molecule has 0 aromatic heterocycles. The minimum atomic E-state index is -0.0262. The number of ether oxygens (including phenoxy) is 1. The second-order valence-electron chi connectivity index (χ2n) is 6.53. The lowest BCUT2D eigenvalue weighted by molar-refractivity contribution is 0.0945. The Kier molecular flexibility index (Phi) is 6.90. The van der Waals surface area contributed by atoms with E-state index < -0.39 is 0 Å². The summed E-state index contributed by atoms with van der Waals surface area (Å²) < 4.78 is 5.97. The summed E-state index contributed by atoms with van der Waals surface area (Å²) in [5.74, 6) is 0.781. The van der Waals surface area contributed by atoms with E-state index in [1.807, 2.05) is 24.3 Å². The minimum Gasteiger partial charge on any atom is -0.490 e. The quantitative estimate of drug-likeness (QED) is 0.798. The summed E-state index contributed by atoms with van der Waals surface area (Å²) in [4.78, 5) is 14.6. The number of likely N-dealkylation sites (N-methyl/N-ethyl adjacent to an activating group) is 1. The topological polar surface area (TPSA) is 41.6 Å². The highest BCUT2D eigenvalue weighted by Crippen LogP contribution is 2.24. The van der Waals surface area contributed by atoms with Gasteiger partial charge in [-0.1, -0.05) is 13.0 Å². The monoisotopic (exact) mass is 318 g/mol. The van der Waals surface area contributed by atoms with Gasteiger partial charge in [-0.25, -0.2) is 0 Å². The number of carbonyl (C=O) groups excluding carboxylic acids is 1. The Morgan fingerprint density at radius 1 is 1.35 bits per heavy atom. The number of carbonyl (C=O) groups is 1. The molecule has 0 unspecified atom stereocenters. The van der Waals surface area contributed by atoms with Gasteiger partial charge in [0, 0.05) is 24.7 Å². The second-order valence-corrected chi connectivity index (χ2v) is 6.53. The van der Waals surface area contributed by atoms with Gasteiger partial charge in [-0.3, -0.25) is 9.69 Å². The fourth-order valence-electron chi connectivity index (χ4n) is 3.11. The zero-order valence-corrected chi connectivity index (χ0v) is 14.7. The third-order valence-electron chi connectivity index (χ3n) is 4.52. The summed E-state index contributed by atoms with van der Waals surface area (Å²) in [6.07, 6.45) is 5.05. The number of hydrogen-bond donors (Lipinski definition) is 1. The van der Waals surface area contributed by atoms with Gasteiger partial charge in [0.1, 0.15) is 5.75 Å². The van der Waals surface area contributed by atoms with E-state index in [1.54, 1.807) is 0 Å². The molecule has 0 spiro atoms. The van der Waals surface area contributed by atoms with Crippen molar-refractivity contribution in [2.45, 2.75) is 58.6 Å². The molecule has 2 rings (SSSR count). The Morgan fingerprint density at radius 2 is 2.09 bits per heavy atom. The lowest BCUT2D eigenvalue weighted by Crippen LogP contribution is -2.38. The van der Waals surface area contributed by atoms with Crippen LogP contribution in [0.3, 0.4) is 0 Å². The maximum atomic E-state index is 12.3. The summed E-state index contributed by atoms with van der Waals surface area (Å²) in [6, 6.07) is 8.03. The molecule has 1 saturated carbocycles. The SMILES string of the molecule is CCN(CCNC(=O)c1cccc(OC2CCCC2)c1)C(C)C. The third kappa shape index (κ3) is 5.54. The number of nitrogens with one attached hydrogen (secondary N) is 1. The largest absolute Gasteiger partial charge is 0.490 e. The Morgan fingerprint density at radius 3 is 2.74 bits per heavy atom. The van der Waals surface area contributed by atoms with Gasteiger partial charge in [0.2, 0.25) is 0 Å². The predicted molar refractivity (Wildman–Crippen MR) is 94.0 cm³/mol. The Bertz CT molecular complexity index is 496. The summed E-state index contributed by atoms with van der Waals surface area (Å²) >= 11 is 0. The van der Waals surface area contributed by atoms with Crippen LogP contribution >= 0.6 is 0 Å². The fraction of sp³-hybridized carbons (Fsp3) is 0.632. The van der Waals surface area contributed by atoms with Gasteiger partial charge in [0.05, 0.1) is 6.10 Å². The molecule has 1 amide bonds. The van der Waals surface area contributed by atoms with Crippen LogP contribution in [0.5, 0.6) is 5.75 Å². The molecule has 4 nitrogen and oxygen atoms in total. The van der Waals surface area contributed by atoms with Gasteiger partial charge in [0.25, 0.3) is 5.91 Å². The summed E-state index contributed by atoms with van der Waals surface area (Å²) in [5.41, 5.74) is 0.674. The van der Waals surface area contributed by atoms with Gasteiger partial charge in [-0.2, -0.15) is 0 Å². The third-order valence-corrected chi connectivity index (χ3v) is 4.52. The van der Waals surface area contributed by atoms with Crippen molar-refractivity contribution >= 4 is 5.91 Å². The smallest absolute Gasteiger partial charge is 0.251 e. The van der Waals surface area contributed by atoms with Crippen LogP contribution in [-0.2, 0) is 0 Å². The van der Waals surface area contributed by atoms with Crippen molar-refractivity contribution in [2.75, 3.05) is 19.6 Å². The molecule has 1 aliphatic carbocycles. The first-order valence-electron chi connectivity index (χ1n) is 8.89. The molecule has 1 aromatic rings. The van der Waals surface area contributed by atoms with Crippen LogP contribution in [0.25, 0.3) is 0 Å². The molecule has 4 heteroatoms. The number of benzene rings is 1. The minimum absolute atomic E-state index is 0.0262. The molecule has 128 valence electrons. The molecule has 0 aliphatic heterocycles. The van der Waals surface area contributed by atoms with Crippen molar-refractivity contribution in [2.24, 2.45) is 0 Å². The zero-order chi connectivity index (χ0) is 16.7. The van der Waals surface area contributed by atoms with Crippen molar-refractivity contribution in [1.29, 1.82) is 0 Å². The molecule has 23 heavy (non-hydrogen) atoms. The molecule has 1 fully saturated rings. The lowest BCUT2D eigenvalue weighted by atomic mass is 10.2. The normalized spacial score (nSPS) is 15.3. The van der Waals surface area contributed by atoms with Gasteiger partial charge < -0.3 is 10.1 Å². The van der Waals surface area contributed by atoms with Crippen LogP contribution in [0.2, 0.25) is 0 Å². The molecular weight excluding hydrogens is 288 g/mol. The molecule has 0 heterocycles. The molecule has 0 saturated heterocycles. The van der Waals surface area contributed by atoms with Crippen molar-refractivity contribution < 1.29 is 9.53 Å². The van der Waals surface area contributed by atoms with E-state index in [1.165, 1.54) is 12.8 Å². The van der Waals surface area contributed by atoms with Crippen LogP contribution in [0, 0.1) is 0 Å². The maximum Gasteiger partial charge on any atom is 0.251 e. The number of nitrogens with zero attached hydrogens (tertiary/aromatic N) is 1. The van der Waals surface area contributed by atoms with Crippen molar-refractivity contribution in [3.05, 3.63) is 29.8 Å². The zero-order valence-electron chi connectivity index (χ0n) is 14.7. The molecule has 1 N–H and O–H groups in total. The number of hydrogen-bond acceptors (Lipinski definition) is 3. The van der Waals surface area contributed by atoms with Gasteiger partial charge in [-0.05, 0) is 64.3 Å². The van der Waals surface area contributed by atoms with Crippen molar-refractivity contribution in [3.8, 4) is 5.75 Å². The molecule has 1 aromatic carbocycles. The highest BCUT2D eigenvalue weighted by atomic mass is 16.5. The molecule has 1 aliphatic rings. The van der Waals surface area contributed by atoms with Gasteiger partial charge >= 0.3 is 0 Å². The van der Waals surface area contributed by atoms with Crippen molar-refractivity contribution in [1.82, 2.24) is 10.2 Å². The van der Waals surface area contributed by atoms with Crippen LogP contribution in [0.15, 0.2) is 24.3 Å². The molecular formula is C19H30N2O2. The van der Waals surface area contributed by atoms with E-state index >= 15 is 0 Å². The number of amides is 1. The van der Waals surface area contributed by atoms with Gasteiger partial charge in [0.15, 0.2) is 0 Å². The van der Waals surface area contributed by atoms with Crippen LogP contribution in [0.4, 0.5) is 0 Å². The van der Waals surface area contributed by atoms with Crippen molar-refractivity contribution in [3.63, 3.8) is 0 Å². The lowest BCUT2D eigenvalue weighted by Gasteiger charge is -2.24. The van der Waals surface area contributed by atoms with E-state index in [0.29, 0.717) is 24.3 Å². The second kappa shape index (κ2) is 8.92. The van der Waals surface area contributed by atoms with E-state index in [-0.39, 0.29) is 5.91 Å². The van der Waals surface area contributed by atoms with E-state index in [2.05, 4.69) is 31.0 Å². The Balaban J connectivity index is 1.84. The predicted octanol–water partition coefficient (Wildman–Crippen LogP) is 3.47. The standard InChI is InChI=1S/C19H30N2O2/c1-4-21(15(2)3)13-12-20-19(22)16-8-7-11-18(14-16)23-17-9-5-6-10-17/h7-8,11,14-15,17H,4-6,9-10,12-13H2,1-3H3,(H,20,22). The van der Waals surface area contributed by atoms with E-state index in [4.69, 9.17) is 4.74 Å². The summed E-state index contributed by atoms with van der Waals surface area (Å²) in [7, 11) is 0. The number of rotatable bonds is 8. The first kappa shape index (κ1) is 17.8. The average molecular weight is 318 g/mol. The van der Waals surface area contributed by atoms with Crippen LogP contribution < -0.4 is 10.1 Å². The first-order chi connectivity index (χ1) is 11.1. The summed E-state index contributed by atoms with van der Waals surface area (Å²) in [5, 5.41) is 3.00. The van der Waals surface area contributed by atoms with Crippen LogP contribution in [-0.4, -0.2) is 42.6 Å². The first-order valence-corrected chi connectivity index (χ1v) is 8.89. The van der Waals surface area contributed by atoms with E-state index in [9.17, 15) is 4.79 Å². The molecule has 0 radical (unpaired) electrons. The summed E-state index contributed by atoms with van der Waals surface area (Å²) in [6.45, 7) is 9.03. The highest BCUT2D eigenvalue weighted by molar-refractivity contribution is 5.94. The maximum absolute atomic E-state index is 12.3. The Hall–Kier alpha value is -1.55. The average Bonchev–Trinajstić information content (AvgIpc) is 3.04. The molecule has 0 bridgehead atoms. The fourth-order valence-corrected chi connectivity index (χ4v) is 3.11.